The molecule has 0 aliphatic carbocycles. The van der Waals surface area contributed by atoms with Crippen molar-refractivity contribution in [3.63, 3.8) is 0 Å². The SMILES string of the molecule is COc1ccccc1[C@H]1CNC(=O)c2nc(C(N)=O)[nH]c2C1. The Morgan fingerprint density at radius 1 is 1.41 bits per heavy atom. The maximum Gasteiger partial charge on any atom is 0.284 e. The Kier molecular flexibility index (Phi) is 3.54. The predicted octanol–water partition coefficient (Wildman–Crippen LogP) is 0.587. The highest BCUT2D eigenvalue weighted by molar-refractivity contribution is 5.96. The van der Waals surface area contributed by atoms with Crippen molar-refractivity contribution in [1.29, 1.82) is 0 Å². The quantitative estimate of drug-likeness (QED) is 0.770. The van der Waals surface area contributed by atoms with E-state index in [4.69, 9.17) is 10.5 Å². The number of ether oxygens (including phenoxy) is 1. The van der Waals surface area contributed by atoms with E-state index in [1.807, 2.05) is 24.3 Å². The van der Waals surface area contributed by atoms with E-state index >= 15 is 0 Å². The minimum absolute atomic E-state index is 0.000765. The average Bonchev–Trinajstić information content (AvgIpc) is 2.89. The zero-order chi connectivity index (χ0) is 15.7. The lowest BCUT2D eigenvalue weighted by molar-refractivity contribution is 0.0950. The second-order valence-electron chi connectivity index (χ2n) is 5.13. The number of hydrogen-bond donors (Lipinski definition) is 3. The number of nitrogens with zero attached hydrogens (tertiary/aromatic N) is 1. The first-order chi connectivity index (χ1) is 10.6. The first-order valence-electron chi connectivity index (χ1n) is 6.90. The summed E-state index contributed by atoms with van der Waals surface area (Å²) < 4.78 is 5.38. The summed E-state index contributed by atoms with van der Waals surface area (Å²) >= 11 is 0. The number of methoxy groups -OCH3 is 1. The third-order valence-corrected chi connectivity index (χ3v) is 3.77. The number of primary amides is 1. The van der Waals surface area contributed by atoms with Crippen LogP contribution in [0.5, 0.6) is 5.75 Å². The molecule has 2 amide bonds. The van der Waals surface area contributed by atoms with Gasteiger partial charge >= 0.3 is 0 Å². The molecule has 2 aromatic rings. The summed E-state index contributed by atoms with van der Waals surface area (Å²) in [6, 6.07) is 7.66. The lowest BCUT2D eigenvalue weighted by atomic mass is 9.93. The number of carbonyl (C=O) groups is 2. The highest BCUT2D eigenvalue weighted by atomic mass is 16.5. The smallest absolute Gasteiger partial charge is 0.284 e. The van der Waals surface area contributed by atoms with Crippen LogP contribution in [0, 0.1) is 0 Å². The number of rotatable bonds is 3. The Balaban J connectivity index is 1.99. The molecular formula is C15H16N4O3. The second-order valence-corrected chi connectivity index (χ2v) is 5.13. The van der Waals surface area contributed by atoms with Crippen LogP contribution in [0.3, 0.4) is 0 Å². The molecule has 1 aromatic carbocycles. The van der Waals surface area contributed by atoms with Crippen molar-refractivity contribution in [3.05, 3.63) is 47.0 Å². The van der Waals surface area contributed by atoms with Crippen molar-refractivity contribution in [2.24, 2.45) is 5.73 Å². The van der Waals surface area contributed by atoms with Gasteiger partial charge in [0.15, 0.2) is 5.82 Å². The second kappa shape index (κ2) is 5.51. The summed E-state index contributed by atoms with van der Waals surface area (Å²) in [6.45, 7) is 0.468. The Morgan fingerprint density at radius 2 is 2.18 bits per heavy atom. The van der Waals surface area contributed by atoms with E-state index in [0.717, 1.165) is 11.3 Å². The Bertz CT molecular complexity index is 738. The molecule has 1 aliphatic rings. The summed E-state index contributed by atoms with van der Waals surface area (Å²) in [5, 5.41) is 2.82. The van der Waals surface area contributed by atoms with Crippen LogP contribution in [0.15, 0.2) is 24.3 Å². The maximum atomic E-state index is 12.1. The van der Waals surface area contributed by atoms with Gasteiger partial charge in [-0.1, -0.05) is 18.2 Å². The lowest BCUT2D eigenvalue weighted by Crippen LogP contribution is -2.27. The molecule has 1 atom stereocenters. The number of H-pyrrole nitrogens is 1. The van der Waals surface area contributed by atoms with Crippen LogP contribution in [-0.2, 0) is 6.42 Å². The monoisotopic (exact) mass is 300 g/mol. The number of fused-ring (bicyclic) bond motifs is 1. The van der Waals surface area contributed by atoms with E-state index < -0.39 is 5.91 Å². The number of aromatic nitrogens is 2. The maximum absolute atomic E-state index is 12.1. The molecule has 4 N–H and O–H groups in total. The molecule has 0 spiro atoms. The molecule has 0 radical (unpaired) electrons. The molecule has 114 valence electrons. The van der Waals surface area contributed by atoms with Gasteiger partial charge in [0.05, 0.1) is 7.11 Å². The largest absolute Gasteiger partial charge is 0.496 e. The number of amides is 2. The van der Waals surface area contributed by atoms with Crippen molar-refractivity contribution in [3.8, 4) is 5.75 Å². The summed E-state index contributed by atoms with van der Waals surface area (Å²) in [7, 11) is 1.61. The van der Waals surface area contributed by atoms with E-state index in [-0.39, 0.29) is 23.3 Å². The summed E-state index contributed by atoms with van der Waals surface area (Å²) in [4.78, 5) is 30.2. The molecule has 7 nitrogen and oxygen atoms in total. The molecule has 0 saturated carbocycles. The highest BCUT2D eigenvalue weighted by Crippen LogP contribution is 2.30. The molecule has 3 rings (SSSR count). The fraction of sp³-hybridized carbons (Fsp3) is 0.267. The third-order valence-electron chi connectivity index (χ3n) is 3.77. The van der Waals surface area contributed by atoms with Gasteiger partial charge < -0.3 is 20.8 Å². The fourth-order valence-electron chi connectivity index (χ4n) is 2.70. The zero-order valence-corrected chi connectivity index (χ0v) is 12.1. The number of imidazole rings is 1. The molecule has 1 aromatic heterocycles. The minimum atomic E-state index is -0.685. The number of nitrogens with two attached hydrogens (primary N) is 1. The number of benzene rings is 1. The van der Waals surface area contributed by atoms with Gasteiger partial charge in [-0.25, -0.2) is 4.98 Å². The van der Waals surface area contributed by atoms with E-state index in [1.165, 1.54) is 0 Å². The summed E-state index contributed by atoms with van der Waals surface area (Å²) in [6.07, 6.45) is 0.536. The normalized spacial score (nSPS) is 17.3. The zero-order valence-electron chi connectivity index (χ0n) is 12.1. The van der Waals surface area contributed by atoms with Crippen molar-refractivity contribution in [2.75, 3.05) is 13.7 Å². The van der Waals surface area contributed by atoms with Gasteiger partial charge in [0.1, 0.15) is 11.4 Å². The third kappa shape index (κ3) is 2.41. The van der Waals surface area contributed by atoms with Gasteiger partial charge in [0.25, 0.3) is 11.8 Å². The number of carbonyl (C=O) groups excluding carboxylic acids is 2. The van der Waals surface area contributed by atoms with Crippen LogP contribution in [0.2, 0.25) is 0 Å². The van der Waals surface area contributed by atoms with Gasteiger partial charge in [-0.15, -0.1) is 0 Å². The first kappa shape index (κ1) is 14.1. The standard InChI is InChI=1S/C15H16N4O3/c1-22-11-5-3-2-4-9(11)8-6-10-12(15(21)17-7-8)19-14(18-10)13(16)20/h2-5,8H,6-7H2,1H3,(H2,16,20)(H,17,21)(H,18,19)/t8-/m1/s1. The summed E-state index contributed by atoms with van der Waals surface area (Å²) in [5.41, 5.74) is 7.05. The molecule has 2 heterocycles. The topological polar surface area (TPSA) is 110 Å². The van der Waals surface area contributed by atoms with Gasteiger partial charge in [0, 0.05) is 18.2 Å². The van der Waals surface area contributed by atoms with Crippen LogP contribution < -0.4 is 15.8 Å². The average molecular weight is 300 g/mol. The Hall–Kier alpha value is -2.83. The molecule has 22 heavy (non-hydrogen) atoms. The van der Waals surface area contributed by atoms with Crippen LogP contribution in [0.25, 0.3) is 0 Å². The summed E-state index contributed by atoms with van der Waals surface area (Å²) in [5.74, 6) is -0.214. The van der Waals surface area contributed by atoms with Crippen LogP contribution >= 0.6 is 0 Å². The minimum Gasteiger partial charge on any atom is -0.496 e. The fourth-order valence-corrected chi connectivity index (χ4v) is 2.70. The van der Waals surface area contributed by atoms with E-state index in [9.17, 15) is 9.59 Å². The first-order valence-corrected chi connectivity index (χ1v) is 6.90. The predicted molar refractivity (Wildman–Crippen MR) is 78.9 cm³/mol. The molecule has 0 unspecified atom stereocenters. The molecule has 0 saturated heterocycles. The molecule has 1 aliphatic heterocycles. The van der Waals surface area contributed by atoms with Crippen molar-refractivity contribution in [1.82, 2.24) is 15.3 Å². The van der Waals surface area contributed by atoms with E-state index in [2.05, 4.69) is 15.3 Å². The Morgan fingerprint density at radius 3 is 2.91 bits per heavy atom. The van der Waals surface area contributed by atoms with Crippen molar-refractivity contribution < 1.29 is 14.3 Å². The molecule has 0 bridgehead atoms. The number of para-hydroxylation sites is 1. The highest BCUT2D eigenvalue weighted by Gasteiger charge is 2.28. The van der Waals surface area contributed by atoms with Crippen molar-refractivity contribution >= 4 is 11.8 Å². The van der Waals surface area contributed by atoms with Gasteiger partial charge in [-0.2, -0.15) is 0 Å². The lowest BCUT2D eigenvalue weighted by Gasteiger charge is -2.17. The van der Waals surface area contributed by atoms with Gasteiger partial charge in [-0.3, -0.25) is 9.59 Å². The van der Waals surface area contributed by atoms with Crippen LogP contribution in [0.4, 0.5) is 0 Å². The number of nitrogens with one attached hydrogen (secondary N) is 2. The van der Waals surface area contributed by atoms with Gasteiger partial charge in [0.2, 0.25) is 0 Å². The van der Waals surface area contributed by atoms with Gasteiger partial charge in [-0.05, 0) is 18.1 Å². The van der Waals surface area contributed by atoms with Crippen LogP contribution in [0.1, 0.15) is 38.3 Å². The van der Waals surface area contributed by atoms with E-state index in [0.29, 0.717) is 18.7 Å². The van der Waals surface area contributed by atoms with E-state index in [1.54, 1.807) is 7.11 Å². The van der Waals surface area contributed by atoms with Crippen LogP contribution in [-0.4, -0.2) is 35.4 Å². The van der Waals surface area contributed by atoms with Crippen molar-refractivity contribution in [2.45, 2.75) is 12.3 Å². The Labute approximate surface area is 126 Å². The molecule has 7 heteroatoms. The number of hydrogen-bond acceptors (Lipinski definition) is 4. The molecular weight excluding hydrogens is 284 g/mol. The number of aromatic amines is 1. The molecule has 0 fully saturated rings.